The van der Waals surface area contributed by atoms with Gasteiger partial charge in [-0.15, -0.1) is 0 Å². The van der Waals surface area contributed by atoms with Crippen molar-refractivity contribution in [1.82, 2.24) is 4.90 Å². The first-order chi connectivity index (χ1) is 21.1. The molecule has 246 valence electrons. The molecule has 0 N–H and O–H groups in total. The van der Waals surface area contributed by atoms with Crippen LogP contribution >= 0.6 is 0 Å². The van der Waals surface area contributed by atoms with E-state index in [2.05, 4.69) is 13.8 Å². The van der Waals surface area contributed by atoms with Gasteiger partial charge in [-0.1, -0.05) is 32.4 Å². The van der Waals surface area contributed by atoms with E-state index in [0.717, 1.165) is 13.0 Å². The van der Waals surface area contributed by atoms with Crippen LogP contribution in [0.25, 0.3) is 0 Å². The van der Waals surface area contributed by atoms with Crippen molar-refractivity contribution >= 4 is 11.8 Å². The molecule has 43 heavy (non-hydrogen) atoms. The maximum Gasteiger partial charge on any atom is 0.261 e. The highest BCUT2D eigenvalue weighted by Gasteiger charge is 2.34. The van der Waals surface area contributed by atoms with Crippen molar-refractivity contribution in [3.63, 3.8) is 0 Å². The molecule has 12 heteroatoms. The van der Waals surface area contributed by atoms with Gasteiger partial charge in [0.05, 0.1) is 130 Å². The first-order valence-corrected chi connectivity index (χ1v) is 15.3. The lowest BCUT2D eigenvalue weighted by molar-refractivity contribution is -0.0256. The van der Waals surface area contributed by atoms with E-state index in [0.29, 0.717) is 123 Å². The van der Waals surface area contributed by atoms with Gasteiger partial charge >= 0.3 is 0 Å². The fourth-order valence-corrected chi connectivity index (χ4v) is 3.76. The fourth-order valence-electron chi connectivity index (χ4n) is 3.76. The standard InChI is InChI=1S/C31H51NO11/c1-3-27(2)26-43-25-24-42-23-22-41-21-20-40-19-18-39-17-16-38-15-14-37-13-12-36-11-10-35-9-8-32-30(33)28-6-4-5-7-29(28)31(32)34/h4-7,27H,3,8-26H2,1-2H3. The molecule has 12 nitrogen and oxygen atoms in total. The Hall–Kier alpha value is -2.00. The van der Waals surface area contributed by atoms with E-state index in [4.69, 9.17) is 42.6 Å². The lowest BCUT2D eigenvalue weighted by Crippen LogP contribution is -2.33. The number of hydrogen-bond acceptors (Lipinski definition) is 11. The third-order valence-electron chi connectivity index (χ3n) is 6.41. The van der Waals surface area contributed by atoms with Crippen LogP contribution in [-0.4, -0.2) is 142 Å². The first kappa shape index (κ1) is 37.2. The Labute approximate surface area is 256 Å². The Morgan fingerprint density at radius 2 is 0.814 bits per heavy atom. The van der Waals surface area contributed by atoms with Crippen LogP contribution in [0.1, 0.15) is 41.0 Å². The zero-order valence-corrected chi connectivity index (χ0v) is 26.0. The Morgan fingerprint density at radius 3 is 1.14 bits per heavy atom. The zero-order valence-electron chi connectivity index (χ0n) is 26.0. The number of ether oxygens (including phenoxy) is 9. The summed E-state index contributed by atoms with van der Waals surface area (Å²) in [4.78, 5) is 25.8. The molecule has 1 unspecified atom stereocenters. The monoisotopic (exact) mass is 613 g/mol. The maximum atomic E-state index is 12.3. The second-order valence-corrected chi connectivity index (χ2v) is 9.79. The molecule has 0 radical (unpaired) electrons. The molecule has 2 rings (SSSR count). The summed E-state index contributed by atoms with van der Waals surface area (Å²) in [6.07, 6.45) is 1.13. The van der Waals surface area contributed by atoms with Crippen molar-refractivity contribution in [3.8, 4) is 0 Å². The summed E-state index contributed by atoms with van der Waals surface area (Å²) in [6, 6.07) is 6.83. The molecule has 0 saturated heterocycles. The Kier molecular flexibility index (Phi) is 21.9. The van der Waals surface area contributed by atoms with Gasteiger partial charge in [-0.2, -0.15) is 0 Å². The number of amides is 2. The number of carbonyl (C=O) groups excluding carboxylic acids is 2. The largest absolute Gasteiger partial charge is 0.379 e. The summed E-state index contributed by atoms with van der Waals surface area (Å²) in [6.45, 7) is 13.6. The SMILES string of the molecule is CCC(C)COCCOCCOCCOCCOCCOCCOCCOCCOCCN1C(=O)c2ccccc2C1=O. The number of rotatable bonds is 30. The van der Waals surface area contributed by atoms with Gasteiger partial charge < -0.3 is 42.6 Å². The molecule has 0 saturated carbocycles. The fraction of sp³-hybridized carbons (Fsp3) is 0.742. The van der Waals surface area contributed by atoms with Gasteiger partial charge in [0.15, 0.2) is 0 Å². The molecule has 1 aromatic carbocycles. The van der Waals surface area contributed by atoms with E-state index in [1.165, 1.54) is 4.90 Å². The number of benzene rings is 1. The van der Waals surface area contributed by atoms with Crippen LogP contribution in [0.3, 0.4) is 0 Å². The van der Waals surface area contributed by atoms with Gasteiger partial charge in [0.2, 0.25) is 0 Å². The summed E-state index contributed by atoms with van der Waals surface area (Å²) in [5.41, 5.74) is 0.890. The van der Waals surface area contributed by atoms with E-state index in [1.54, 1.807) is 24.3 Å². The number of carbonyl (C=O) groups is 2. The molecule has 0 fully saturated rings. The molecule has 1 aromatic rings. The summed E-state index contributed by atoms with van der Waals surface area (Å²) >= 11 is 0. The molecule has 2 amide bonds. The normalized spacial score (nSPS) is 13.7. The number of imide groups is 1. The molecular weight excluding hydrogens is 562 g/mol. The molecule has 0 bridgehead atoms. The maximum absolute atomic E-state index is 12.3. The molecule has 1 atom stereocenters. The van der Waals surface area contributed by atoms with E-state index < -0.39 is 0 Å². The van der Waals surface area contributed by atoms with Gasteiger partial charge in [-0.25, -0.2) is 0 Å². The van der Waals surface area contributed by atoms with Crippen molar-refractivity contribution in [3.05, 3.63) is 35.4 Å². The van der Waals surface area contributed by atoms with E-state index in [-0.39, 0.29) is 25.0 Å². The number of nitrogens with zero attached hydrogens (tertiary/aromatic N) is 1. The topological polar surface area (TPSA) is 120 Å². The first-order valence-electron chi connectivity index (χ1n) is 15.3. The number of hydrogen-bond donors (Lipinski definition) is 0. The van der Waals surface area contributed by atoms with Crippen LogP contribution < -0.4 is 0 Å². The van der Waals surface area contributed by atoms with Crippen LogP contribution in [0.4, 0.5) is 0 Å². The van der Waals surface area contributed by atoms with Crippen LogP contribution in [-0.2, 0) is 42.6 Å². The Bertz CT molecular complexity index is 822. The van der Waals surface area contributed by atoms with E-state index in [1.807, 2.05) is 0 Å². The number of fused-ring (bicyclic) bond motifs is 1. The Balaban J connectivity index is 1.21. The highest BCUT2D eigenvalue weighted by molar-refractivity contribution is 6.21. The van der Waals surface area contributed by atoms with Gasteiger partial charge in [-0.05, 0) is 18.1 Å². The third-order valence-corrected chi connectivity index (χ3v) is 6.41. The lowest BCUT2D eigenvalue weighted by Gasteiger charge is -2.13. The zero-order chi connectivity index (χ0) is 30.8. The van der Waals surface area contributed by atoms with Gasteiger partial charge in [0.1, 0.15) is 0 Å². The summed E-state index contributed by atoms with van der Waals surface area (Å²) in [5.74, 6) is 0.0431. The minimum atomic E-state index is -0.274. The molecular formula is C31H51NO11. The van der Waals surface area contributed by atoms with Crippen molar-refractivity contribution < 1.29 is 52.2 Å². The quantitative estimate of drug-likeness (QED) is 0.0940. The predicted octanol–water partition coefficient (Wildman–Crippen LogP) is 2.48. The van der Waals surface area contributed by atoms with Gasteiger partial charge in [0, 0.05) is 6.61 Å². The van der Waals surface area contributed by atoms with Gasteiger partial charge in [-0.3, -0.25) is 14.5 Å². The minimum absolute atomic E-state index is 0.219. The molecule has 0 aliphatic carbocycles. The Morgan fingerprint density at radius 1 is 0.512 bits per heavy atom. The summed E-state index contributed by atoms with van der Waals surface area (Å²) < 4.78 is 49.3. The second-order valence-electron chi connectivity index (χ2n) is 9.79. The van der Waals surface area contributed by atoms with Crippen LogP contribution in [0.15, 0.2) is 24.3 Å². The van der Waals surface area contributed by atoms with Crippen molar-refractivity contribution in [2.24, 2.45) is 5.92 Å². The molecule has 1 aliphatic rings. The van der Waals surface area contributed by atoms with Crippen molar-refractivity contribution in [1.29, 1.82) is 0 Å². The summed E-state index contributed by atoms with van der Waals surface area (Å²) in [7, 11) is 0. The molecule has 1 aliphatic heterocycles. The predicted molar refractivity (Wildman–Crippen MR) is 159 cm³/mol. The highest BCUT2D eigenvalue weighted by atomic mass is 16.6. The van der Waals surface area contributed by atoms with Crippen LogP contribution in [0.5, 0.6) is 0 Å². The van der Waals surface area contributed by atoms with Crippen LogP contribution in [0.2, 0.25) is 0 Å². The smallest absolute Gasteiger partial charge is 0.261 e. The molecule has 0 aromatic heterocycles. The average Bonchev–Trinajstić information content (AvgIpc) is 3.27. The van der Waals surface area contributed by atoms with Gasteiger partial charge in [0.25, 0.3) is 11.8 Å². The van der Waals surface area contributed by atoms with Crippen molar-refractivity contribution in [2.75, 3.05) is 125 Å². The average molecular weight is 614 g/mol. The van der Waals surface area contributed by atoms with Crippen molar-refractivity contribution in [2.45, 2.75) is 20.3 Å². The summed E-state index contributed by atoms with van der Waals surface area (Å²) in [5, 5.41) is 0. The van der Waals surface area contributed by atoms with E-state index in [9.17, 15) is 9.59 Å². The third kappa shape index (κ3) is 17.2. The van der Waals surface area contributed by atoms with E-state index >= 15 is 0 Å². The highest BCUT2D eigenvalue weighted by Crippen LogP contribution is 2.21. The molecule has 1 heterocycles. The van der Waals surface area contributed by atoms with Crippen LogP contribution in [0, 0.1) is 5.92 Å². The lowest BCUT2D eigenvalue weighted by atomic mass is 10.1. The molecule has 0 spiro atoms. The minimum Gasteiger partial charge on any atom is -0.379 e. The second kappa shape index (κ2) is 25.3.